The molecule has 12 heavy (non-hydrogen) atoms. The van der Waals surface area contributed by atoms with E-state index < -0.39 is 0 Å². The summed E-state index contributed by atoms with van der Waals surface area (Å²) in [5.41, 5.74) is 1.12. The van der Waals surface area contributed by atoms with E-state index in [1.165, 1.54) is 6.42 Å². The van der Waals surface area contributed by atoms with Gasteiger partial charge in [0.15, 0.2) is 0 Å². The first kappa shape index (κ1) is 7.47. The topological polar surface area (TPSA) is 25.2 Å². The highest BCUT2D eigenvalue weighted by Crippen LogP contribution is 2.24. The summed E-state index contributed by atoms with van der Waals surface area (Å²) in [7, 11) is 0. The summed E-state index contributed by atoms with van der Waals surface area (Å²) in [5.74, 6) is 0. The van der Waals surface area contributed by atoms with Gasteiger partial charge in [0.1, 0.15) is 0 Å². The summed E-state index contributed by atoms with van der Waals surface area (Å²) in [5, 5.41) is 0. The number of hydrogen-bond acceptors (Lipinski definition) is 2. The van der Waals surface area contributed by atoms with Crippen molar-refractivity contribution in [3.63, 3.8) is 0 Å². The Morgan fingerprint density at radius 1 is 1.50 bits per heavy atom. The number of nitrogens with zero attached hydrogens (tertiary/aromatic N) is 2. The van der Waals surface area contributed by atoms with Crippen LogP contribution in [0.5, 0.6) is 0 Å². The fraction of sp³-hybridized carbons (Fsp3) is 0.400. The molecule has 1 aliphatic heterocycles. The van der Waals surface area contributed by atoms with Crippen molar-refractivity contribution in [1.82, 2.24) is 4.98 Å². The van der Waals surface area contributed by atoms with E-state index in [1.807, 2.05) is 18.3 Å². The van der Waals surface area contributed by atoms with E-state index in [9.17, 15) is 0 Å². The SMILES string of the molecule is [c]1ncccc1C1CCCC=N1. The zero-order chi connectivity index (χ0) is 8.23. The summed E-state index contributed by atoms with van der Waals surface area (Å²) >= 11 is 0. The van der Waals surface area contributed by atoms with E-state index in [0.29, 0.717) is 6.04 Å². The highest BCUT2D eigenvalue weighted by Gasteiger charge is 2.11. The summed E-state index contributed by atoms with van der Waals surface area (Å²) in [6.45, 7) is 0. The second-order valence-electron chi connectivity index (χ2n) is 2.98. The lowest BCUT2D eigenvalue weighted by Gasteiger charge is -2.14. The van der Waals surface area contributed by atoms with Crippen molar-refractivity contribution in [2.45, 2.75) is 25.3 Å². The zero-order valence-electron chi connectivity index (χ0n) is 6.90. The molecule has 61 valence electrons. The summed E-state index contributed by atoms with van der Waals surface area (Å²) in [6.07, 6.45) is 10.2. The predicted molar refractivity (Wildman–Crippen MR) is 48.2 cm³/mol. The Labute approximate surface area is 72.4 Å². The molecule has 0 spiro atoms. The number of rotatable bonds is 1. The Morgan fingerprint density at radius 2 is 2.50 bits per heavy atom. The zero-order valence-corrected chi connectivity index (χ0v) is 6.90. The lowest BCUT2D eigenvalue weighted by atomic mass is 10.0. The molecule has 1 aromatic heterocycles. The highest BCUT2D eigenvalue weighted by molar-refractivity contribution is 5.58. The van der Waals surface area contributed by atoms with Gasteiger partial charge in [0.05, 0.1) is 12.2 Å². The van der Waals surface area contributed by atoms with Crippen molar-refractivity contribution in [3.8, 4) is 0 Å². The average Bonchev–Trinajstić information content (AvgIpc) is 2.21. The average molecular weight is 159 g/mol. The van der Waals surface area contributed by atoms with E-state index >= 15 is 0 Å². The molecule has 2 nitrogen and oxygen atoms in total. The van der Waals surface area contributed by atoms with Gasteiger partial charge in [-0.15, -0.1) is 0 Å². The van der Waals surface area contributed by atoms with Crippen LogP contribution in [0.4, 0.5) is 0 Å². The van der Waals surface area contributed by atoms with Gasteiger partial charge < -0.3 is 0 Å². The van der Waals surface area contributed by atoms with Crippen molar-refractivity contribution in [3.05, 3.63) is 30.1 Å². The second-order valence-corrected chi connectivity index (χ2v) is 2.98. The molecule has 0 saturated heterocycles. The monoisotopic (exact) mass is 159 g/mol. The summed E-state index contributed by atoms with van der Waals surface area (Å²) in [6, 6.07) is 4.29. The smallest absolute Gasteiger partial charge is 0.0943 e. The number of pyridine rings is 1. The van der Waals surface area contributed by atoms with Gasteiger partial charge in [-0.05, 0) is 31.5 Å². The van der Waals surface area contributed by atoms with E-state index in [0.717, 1.165) is 18.4 Å². The molecule has 0 aromatic carbocycles. The van der Waals surface area contributed by atoms with Gasteiger partial charge in [-0.25, -0.2) is 0 Å². The van der Waals surface area contributed by atoms with Crippen LogP contribution in [0.2, 0.25) is 0 Å². The molecule has 1 radical (unpaired) electrons. The highest BCUT2D eigenvalue weighted by atomic mass is 14.8. The molecule has 2 rings (SSSR count). The Balaban J connectivity index is 2.19. The van der Waals surface area contributed by atoms with Gasteiger partial charge in [-0.3, -0.25) is 9.98 Å². The van der Waals surface area contributed by atoms with Gasteiger partial charge >= 0.3 is 0 Å². The maximum absolute atomic E-state index is 4.40. The minimum atomic E-state index is 0.312. The lowest BCUT2D eigenvalue weighted by molar-refractivity contribution is 0.601. The number of hydrogen-bond donors (Lipinski definition) is 0. The van der Waals surface area contributed by atoms with Crippen LogP contribution >= 0.6 is 0 Å². The minimum absolute atomic E-state index is 0.312. The van der Waals surface area contributed by atoms with Crippen LogP contribution in [0.1, 0.15) is 30.9 Å². The third kappa shape index (κ3) is 1.52. The molecule has 0 bridgehead atoms. The normalized spacial score (nSPS) is 22.5. The second kappa shape index (κ2) is 3.48. The standard InChI is InChI=1S/C10H11N2/c1-2-7-12-10(5-1)9-4-3-6-11-8-9/h3-4,6-7,10H,1-2,5H2. The molecule has 0 amide bonds. The Hall–Kier alpha value is -1.18. The Bertz CT molecular complexity index is 266. The van der Waals surface area contributed by atoms with Gasteiger partial charge in [0.2, 0.25) is 0 Å². The van der Waals surface area contributed by atoms with Crippen molar-refractivity contribution >= 4 is 6.21 Å². The molecule has 0 fully saturated rings. The quantitative estimate of drug-likeness (QED) is 0.616. The van der Waals surface area contributed by atoms with Crippen LogP contribution in [-0.4, -0.2) is 11.2 Å². The first-order valence-corrected chi connectivity index (χ1v) is 4.31. The Kier molecular flexibility index (Phi) is 2.16. The van der Waals surface area contributed by atoms with Crippen LogP contribution in [-0.2, 0) is 0 Å². The summed E-state index contributed by atoms with van der Waals surface area (Å²) in [4.78, 5) is 8.36. The van der Waals surface area contributed by atoms with E-state index in [-0.39, 0.29) is 0 Å². The van der Waals surface area contributed by atoms with Gasteiger partial charge in [0.25, 0.3) is 0 Å². The van der Waals surface area contributed by atoms with Crippen molar-refractivity contribution in [2.75, 3.05) is 0 Å². The van der Waals surface area contributed by atoms with E-state index in [4.69, 9.17) is 0 Å². The molecule has 1 unspecified atom stereocenters. The van der Waals surface area contributed by atoms with E-state index in [1.54, 1.807) is 6.20 Å². The van der Waals surface area contributed by atoms with Gasteiger partial charge in [-0.1, -0.05) is 6.07 Å². The molecule has 0 aliphatic carbocycles. The van der Waals surface area contributed by atoms with Gasteiger partial charge in [0, 0.05) is 11.8 Å². The van der Waals surface area contributed by atoms with Crippen molar-refractivity contribution in [1.29, 1.82) is 0 Å². The molecule has 2 heterocycles. The number of aromatic nitrogens is 1. The van der Waals surface area contributed by atoms with Crippen LogP contribution in [0, 0.1) is 6.20 Å². The van der Waals surface area contributed by atoms with Crippen molar-refractivity contribution < 1.29 is 0 Å². The summed E-state index contributed by atoms with van der Waals surface area (Å²) < 4.78 is 0. The number of aliphatic imine (C=N–C) groups is 1. The minimum Gasteiger partial charge on any atom is -0.289 e. The molecule has 1 aliphatic rings. The van der Waals surface area contributed by atoms with E-state index in [2.05, 4.69) is 16.2 Å². The van der Waals surface area contributed by atoms with Crippen LogP contribution in [0.25, 0.3) is 0 Å². The van der Waals surface area contributed by atoms with Crippen LogP contribution < -0.4 is 0 Å². The maximum Gasteiger partial charge on any atom is 0.0943 e. The third-order valence-electron chi connectivity index (χ3n) is 2.09. The maximum atomic E-state index is 4.40. The van der Waals surface area contributed by atoms with Crippen molar-refractivity contribution in [2.24, 2.45) is 4.99 Å². The predicted octanol–water partition coefficient (Wildman–Crippen LogP) is 2.18. The fourth-order valence-corrected chi connectivity index (χ4v) is 1.44. The first-order chi connectivity index (χ1) is 5.97. The fourth-order valence-electron chi connectivity index (χ4n) is 1.44. The Morgan fingerprint density at radius 3 is 3.17 bits per heavy atom. The lowest BCUT2D eigenvalue weighted by Crippen LogP contribution is -2.01. The molecular formula is C10H11N2. The molecule has 2 heteroatoms. The molecule has 0 N–H and O–H groups in total. The van der Waals surface area contributed by atoms with Gasteiger partial charge in [-0.2, -0.15) is 0 Å². The molecule has 1 aromatic rings. The molecular weight excluding hydrogens is 148 g/mol. The third-order valence-corrected chi connectivity index (χ3v) is 2.09. The largest absolute Gasteiger partial charge is 0.289 e. The first-order valence-electron chi connectivity index (χ1n) is 4.31. The molecule has 1 atom stereocenters. The van der Waals surface area contributed by atoms with Crippen LogP contribution in [0.3, 0.4) is 0 Å². The molecule has 0 saturated carbocycles. The van der Waals surface area contributed by atoms with Crippen LogP contribution in [0.15, 0.2) is 23.3 Å².